The normalized spacial score (nSPS) is 17.4. The Kier molecular flexibility index (Phi) is 10.6. The van der Waals surface area contributed by atoms with Crippen molar-refractivity contribution >= 4 is 39.8 Å². The molecule has 0 aromatic heterocycles. The molecule has 1 saturated carbocycles. The van der Waals surface area contributed by atoms with E-state index in [1.165, 1.54) is 38.4 Å². The quantitative estimate of drug-likeness (QED) is 0.300. The first-order valence-electron chi connectivity index (χ1n) is 7.24. The van der Waals surface area contributed by atoms with E-state index < -0.39 is 9.84 Å². The molecule has 0 atom stereocenters. The maximum Gasteiger partial charge on any atom is 0.191 e. The molecule has 1 rings (SSSR count). The van der Waals surface area contributed by atoms with E-state index in [4.69, 9.17) is 0 Å². The van der Waals surface area contributed by atoms with E-state index in [9.17, 15) is 8.42 Å². The fourth-order valence-corrected chi connectivity index (χ4v) is 2.93. The minimum Gasteiger partial charge on any atom is -0.357 e. The lowest BCUT2D eigenvalue weighted by atomic mass is 9.96. The van der Waals surface area contributed by atoms with Crippen LogP contribution in [0.15, 0.2) is 4.99 Å². The van der Waals surface area contributed by atoms with Crippen LogP contribution in [0.5, 0.6) is 0 Å². The smallest absolute Gasteiger partial charge is 0.191 e. The molecule has 1 aliphatic rings. The molecule has 0 aliphatic heterocycles. The van der Waals surface area contributed by atoms with Gasteiger partial charge in [0.05, 0.1) is 5.75 Å². The van der Waals surface area contributed by atoms with Crippen molar-refractivity contribution in [2.24, 2.45) is 4.99 Å². The van der Waals surface area contributed by atoms with Crippen LogP contribution in [0.3, 0.4) is 0 Å². The summed E-state index contributed by atoms with van der Waals surface area (Å²) in [6.45, 7) is 3.41. The van der Waals surface area contributed by atoms with Crippen LogP contribution in [0, 0.1) is 0 Å². The maximum absolute atomic E-state index is 11.0. The number of nitrogens with zero attached hydrogens (tertiary/aromatic N) is 1. The van der Waals surface area contributed by atoms with Gasteiger partial charge in [-0.15, -0.1) is 24.0 Å². The van der Waals surface area contributed by atoms with Crippen molar-refractivity contribution < 1.29 is 8.42 Å². The summed E-state index contributed by atoms with van der Waals surface area (Å²) in [7, 11) is -2.87. The van der Waals surface area contributed by atoms with Gasteiger partial charge in [-0.1, -0.05) is 19.3 Å². The van der Waals surface area contributed by atoms with Gasteiger partial charge in [-0.25, -0.2) is 8.42 Å². The summed E-state index contributed by atoms with van der Waals surface area (Å²) in [5.41, 5.74) is 0. The van der Waals surface area contributed by atoms with E-state index in [2.05, 4.69) is 15.6 Å². The summed E-state index contributed by atoms with van der Waals surface area (Å²) in [5, 5.41) is 6.66. The Balaban J connectivity index is 0.00000361. The van der Waals surface area contributed by atoms with E-state index in [0.29, 0.717) is 19.0 Å². The van der Waals surface area contributed by atoms with Crippen LogP contribution in [0.4, 0.5) is 0 Å². The summed E-state index contributed by atoms with van der Waals surface area (Å²) < 4.78 is 22.1. The molecular weight excluding hydrogens is 389 g/mol. The Labute approximate surface area is 140 Å². The number of guanidine groups is 1. The first-order chi connectivity index (χ1) is 9.01. The molecule has 0 spiro atoms. The van der Waals surface area contributed by atoms with Crippen LogP contribution >= 0.6 is 24.0 Å². The molecule has 1 aliphatic carbocycles. The van der Waals surface area contributed by atoms with Gasteiger partial charge in [0.25, 0.3) is 0 Å². The molecule has 0 amide bonds. The van der Waals surface area contributed by atoms with Crippen LogP contribution in [0.25, 0.3) is 0 Å². The summed E-state index contributed by atoms with van der Waals surface area (Å²) in [4.78, 5) is 4.44. The largest absolute Gasteiger partial charge is 0.357 e. The van der Waals surface area contributed by atoms with Crippen molar-refractivity contribution in [1.82, 2.24) is 10.6 Å². The first kappa shape index (κ1) is 19.9. The van der Waals surface area contributed by atoms with Crippen molar-refractivity contribution in [3.05, 3.63) is 0 Å². The Hall–Kier alpha value is -0.0500. The van der Waals surface area contributed by atoms with Gasteiger partial charge in [-0.2, -0.15) is 0 Å². The van der Waals surface area contributed by atoms with Crippen molar-refractivity contribution in [3.8, 4) is 0 Å². The average molecular weight is 417 g/mol. The number of sulfone groups is 1. The minimum atomic E-state index is -2.87. The fraction of sp³-hybridized carbons (Fsp3) is 0.923. The molecule has 5 nitrogen and oxygen atoms in total. The zero-order chi connectivity index (χ0) is 14.1. The van der Waals surface area contributed by atoms with E-state index in [0.717, 1.165) is 12.5 Å². The molecular formula is C13H28IN3O2S. The van der Waals surface area contributed by atoms with Crippen molar-refractivity contribution in [1.29, 1.82) is 0 Å². The Morgan fingerprint density at radius 3 is 2.45 bits per heavy atom. The van der Waals surface area contributed by atoms with Gasteiger partial charge < -0.3 is 10.6 Å². The van der Waals surface area contributed by atoms with E-state index >= 15 is 0 Å². The highest BCUT2D eigenvalue weighted by Crippen LogP contribution is 2.17. The van der Waals surface area contributed by atoms with Crippen LogP contribution in [0.2, 0.25) is 0 Å². The first-order valence-corrected chi connectivity index (χ1v) is 9.30. The lowest BCUT2D eigenvalue weighted by molar-refractivity contribution is 0.410. The van der Waals surface area contributed by atoms with Gasteiger partial charge in [0, 0.05) is 25.4 Å². The van der Waals surface area contributed by atoms with Gasteiger partial charge in [-0.05, 0) is 26.2 Å². The number of aliphatic imine (C=N–C) groups is 1. The predicted octanol–water partition coefficient (Wildman–Crippen LogP) is 1.93. The highest BCUT2D eigenvalue weighted by atomic mass is 127. The number of rotatable bonds is 6. The van der Waals surface area contributed by atoms with Crippen LogP contribution in [0.1, 0.15) is 45.4 Å². The van der Waals surface area contributed by atoms with E-state index in [-0.39, 0.29) is 29.7 Å². The maximum atomic E-state index is 11.0. The van der Waals surface area contributed by atoms with Crippen LogP contribution < -0.4 is 10.6 Å². The highest BCUT2D eigenvalue weighted by Gasteiger charge is 2.14. The van der Waals surface area contributed by atoms with Crippen molar-refractivity contribution in [3.63, 3.8) is 0 Å². The highest BCUT2D eigenvalue weighted by molar-refractivity contribution is 14.0. The molecule has 0 bridgehead atoms. The summed E-state index contributed by atoms with van der Waals surface area (Å²) in [6.07, 6.45) is 8.15. The molecule has 1 fully saturated rings. The number of hydrogen-bond acceptors (Lipinski definition) is 3. The Morgan fingerprint density at radius 2 is 1.90 bits per heavy atom. The van der Waals surface area contributed by atoms with Crippen LogP contribution in [-0.2, 0) is 9.84 Å². The van der Waals surface area contributed by atoms with Gasteiger partial charge >= 0.3 is 0 Å². The second kappa shape index (κ2) is 10.6. The molecule has 7 heteroatoms. The Bertz CT molecular complexity index is 379. The molecule has 0 aromatic carbocycles. The van der Waals surface area contributed by atoms with Gasteiger partial charge in [-0.3, -0.25) is 4.99 Å². The fourth-order valence-electron chi connectivity index (χ4n) is 2.28. The monoisotopic (exact) mass is 417 g/mol. The van der Waals surface area contributed by atoms with Gasteiger partial charge in [0.1, 0.15) is 9.84 Å². The second-order valence-electron chi connectivity index (χ2n) is 5.22. The van der Waals surface area contributed by atoms with Crippen molar-refractivity contribution in [2.75, 3.05) is 25.1 Å². The predicted molar refractivity (Wildman–Crippen MR) is 95.7 cm³/mol. The Morgan fingerprint density at radius 1 is 1.25 bits per heavy atom. The van der Waals surface area contributed by atoms with E-state index in [1.807, 2.05) is 6.92 Å². The number of hydrogen-bond donors (Lipinski definition) is 2. The molecule has 0 heterocycles. The molecule has 120 valence electrons. The average Bonchev–Trinajstić information content (AvgIpc) is 2.35. The van der Waals surface area contributed by atoms with Gasteiger partial charge in [0.15, 0.2) is 5.96 Å². The lowest BCUT2D eigenvalue weighted by Crippen LogP contribution is -2.44. The third kappa shape index (κ3) is 9.79. The standard InChI is InChI=1S/C13H27N3O2S.HI/c1-3-14-13(15-10-7-11-19(2,17)18)16-12-8-5-4-6-9-12;/h12H,3-11H2,1-2H3,(H2,14,15,16);1H. The molecule has 0 unspecified atom stereocenters. The summed E-state index contributed by atoms with van der Waals surface area (Å²) >= 11 is 0. The molecule has 0 aromatic rings. The number of nitrogens with one attached hydrogen (secondary N) is 2. The summed E-state index contributed by atoms with van der Waals surface area (Å²) in [6, 6.07) is 0.515. The number of halogens is 1. The van der Waals surface area contributed by atoms with E-state index in [1.54, 1.807) is 0 Å². The third-order valence-corrected chi connectivity index (χ3v) is 4.26. The SMILES string of the molecule is CCNC(=NCCCS(C)(=O)=O)NC1CCCCC1.I. The topological polar surface area (TPSA) is 70.6 Å². The molecule has 20 heavy (non-hydrogen) atoms. The molecule has 2 N–H and O–H groups in total. The molecule has 0 saturated heterocycles. The van der Waals surface area contributed by atoms with Crippen molar-refractivity contribution in [2.45, 2.75) is 51.5 Å². The summed E-state index contributed by atoms with van der Waals surface area (Å²) in [5.74, 6) is 1.03. The minimum absolute atomic E-state index is 0. The van der Waals surface area contributed by atoms with Gasteiger partial charge in [0.2, 0.25) is 0 Å². The zero-order valence-corrected chi connectivity index (χ0v) is 15.7. The second-order valence-corrected chi connectivity index (χ2v) is 7.48. The third-order valence-electron chi connectivity index (χ3n) is 3.23. The zero-order valence-electron chi connectivity index (χ0n) is 12.5. The van der Waals surface area contributed by atoms with Crippen LogP contribution in [-0.4, -0.2) is 45.5 Å². The lowest BCUT2D eigenvalue weighted by Gasteiger charge is -2.24. The molecule has 0 radical (unpaired) electrons.